The molecule has 2 nitrogen and oxygen atoms in total. The molecule has 0 amide bonds. The fourth-order valence-electron chi connectivity index (χ4n) is 2.07. The molecule has 1 N–H and O–H groups in total. The van der Waals surface area contributed by atoms with E-state index in [0.29, 0.717) is 0 Å². The van der Waals surface area contributed by atoms with Crippen LogP contribution in [0.2, 0.25) is 0 Å². The molecule has 0 radical (unpaired) electrons. The smallest absolute Gasteiger partial charge is 0.208 e. The number of benzene rings is 1. The number of terminal acetylenes is 1. The zero-order chi connectivity index (χ0) is 10.7. The van der Waals surface area contributed by atoms with Gasteiger partial charge in [-0.25, -0.2) is 0 Å². The number of hydrogen-bond acceptors (Lipinski definition) is 2. The third kappa shape index (κ3) is 1.77. The molecule has 1 heterocycles. The Hall–Kier alpha value is -1.30. The molecule has 1 aromatic rings. The van der Waals surface area contributed by atoms with Crippen LogP contribution in [0.25, 0.3) is 0 Å². The van der Waals surface area contributed by atoms with Gasteiger partial charge in [0.2, 0.25) is 5.72 Å². The summed E-state index contributed by atoms with van der Waals surface area (Å²) in [5.41, 5.74) is -0.438. The molecule has 2 heteroatoms. The van der Waals surface area contributed by atoms with Gasteiger partial charge >= 0.3 is 0 Å². The summed E-state index contributed by atoms with van der Waals surface area (Å²) in [5.74, 6) is 2.52. The van der Waals surface area contributed by atoms with Gasteiger partial charge in [-0.15, -0.1) is 6.42 Å². The number of aliphatic hydroxyl groups is 1. The van der Waals surface area contributed by atoms with Crippen LogP contribution in [0, 0.1) is 12.3 Å². The van der Waals surface area contributed by atoms with Crippen LogP contribution < -0.4 is 0 Å². The molecule has 0 aromatic heterocycles. The van der Waals surface area contributed by atoms with Crippen LogP contribution in [-0.4, -0.2) is 23.1 Å². The van der Waals surface area contributed by atoms with Gasteiger partial charge in [0.15, 0.2) is 0 Å². The Kier molecular flexibility index (Phi) is 2.77. The molecule has 1 aromatic carbocycles. The van der Waals surface area contributed by atoms with Crippen molar-refractivity contribution in [2.45, 2.75) is 18.6 Å². The molecular weight excluding hydrogens is 186 g/mol. The van der Waals surface area contributed by atoms with Crippen molar-refractivity contribution in [1.29, 1.82) is 0 Å². The van der Waals surface area contributed by atoms with E-state index in [0.717, 1.165) is 31.5 Å². The Morgan fingerprint density at radius 2 is 1.80 bits per heavy atom. The highest BCUT2D eigenvalue weighted by molar-refractivity contribution is 5.29. The molecular formula is C13H15NO. The minimum atomic E-state index is -1.22. The van der Waals surface area contributed by atoms with Crippen molar-refractivity contribution in [3.63, 3.8) is 0 Å². The van der Waals surface area contributed by atoms with Crippen molar-refractivity contribution in [3.05, 3.63) is 35.9 Å². The van der Waals surface area contributed by atoms with Gasteiger partial charge in [0, 0.05) is 18.7 Å². The van der Waals surface area contributed by atoms with Crippen molar-refractivity contribution in [1.82, 2.24) is 4.90 Å². The summed E-state index contributed by atoms with van der Waals surface area (Å²) in [6, 6.07) is 9.46. The monoisotopic (exact) mass is 201 g/mol. The van der Waals surface area contributed by atoms with Gasteiger partial charge in [0.1, 0.15) is 0 Å². The van der Waals surface area contributed by atoms with E-state index in [-0.39, 0.29) is 0 Å². The van der Waals surface area contributed by atoms with Gasteiger partial charge in [-0.1, -0.05) is 36.3 Å². The number of hydrogen-bond donors (Lipinski definition) is 1. The Morgan fingerprint density at radius 1 is 1.20 bits per heavy atom. The van der Waals surface area contributed by atoms with Crippen LogP contribution >= 0.6 is 0 Å². The average Bonchev–Trinajstić information content (AvgIpc) is 2.83. The lowest BCUT2D eigenvalue weighted by Gasteiger charge is -2.32. The van der Waals surface area contributed by atoms with Crippen molar-refractivity contribution in [3.8, 4) is 12.3 Å². The van der Waals surface area contributed by atoms with Gasteiger partial charge in [-0.05, 0) is 12.8 Å². The van der Waals surface area contributed by atoms with Crippen molar-refractivity contribution in [2.75, 3.05) is 13.1 Å². The molecule has 15 heavy (non-hydrogen) atoms. The quantitative estimate of drug-likeness (QED) is 0.734. The van der Waals surface area contributed by atoms with Crippen LogP contribution in [0.5, 0.6) is 0 Å². The highest BCUT2D eigenvalue weighted by Gasteiger charge is 2.35. The summed E-state index contributed by atoms with van der Waals surface area (Å²) < 4.78 is 0. The van der Waals surface area contributed by atoms with E-state index >= 15 is 0 Å². The molecule has 0 bridgehead atoms. The summed E-state index contributed by atoms with van der Waals surface area (Å²) in [6.07, 6.45) is 7.69. The Bertz CT molecular complexity index is 362. The summed E-state index contributed by atoms with van der Waals surface area (Å²) in [6.45, 7) is 1.74. The topological polar surface area (TPSA) is 23.5 Å². The molecule has 2 rings (SSSR count). The summed E-state index contributed by atoms with van der Waals surface area (Å²) >= 11 is 0. The van der Waals surface area contributed by atoms with E-state index in [1.54, 1.807) is 0 Å². The maximum absolute atomic E-state index is 10.5. The zero-order valence-corrected chi connectivity index (χ0v) is 8.69. The van der Waals surface area contributed by atoms with Gasteiger partial charge in [-0.2, -0.15) is 0 Å². The van der Waals surface area contributed by atoms with Crippen LogP contribution in [0.4, 0.5) is 0 Å². The van der Waals surface area contributed by atoms with Crippen LogP contribution in [0.3, 0.4) is 0 Å². The standard InChI is InChI=1S/C13H15NO/c1-2-13(15,14-10-6-7-11-14)12-8-4-3-5-9-12/h1,3-5,8-9,15H,6-7,10-11H2. The average molecular weight is 201 g/mol. The maximum Gasteiger partial charge on any atom is 0.208 e. The number of rotatable bonds is 2. The summed E-state index contributed by atoms with van der Waals surface area (Å²) in [5, 5.41) is 10.5. The second-order valence-electron chi connectivity index (χ2n) is 3.88. The first kappa shape index (κ1) is 10.2. The van der Waals surface area contributed by atoms with E-state index in [1.807, 2.05) is 35.2 Å². The van der Waals surface area contributed by atoms with E-state index in [4.69, 9.17) is 6.42 Å². The van der Waals surface area contributed by atoms with E-state index in [2.05, 4.69) is 5.92 Å². The lowest BCUT2D eigenvalue weighted by Crippen LogP contribution is -2.43. The van der Waals surface area contributed by atoms with Gasteiger partial charge in [0.25, 0.3) is 0 Å². The molecule has 0 saturated carbocycles. The summed E-state index contributed by atoms with van der Waals surface area (Å²) in [4.78, 5) is 1.96. The normalized spacial score (nSPS) is 20.8. The first-order chi connectivity index (χ1) is 7.27. The predicted molar refractivity (Wildman–Crippen MR) is 60.0 cm³/mol. The first-order valence-corrected chi connectivity index (χ1v) is 5.28. The van der Waals surface area contributed by atoms with Crippen molar-refractivity contribution in [2.24, 2.45) is 0 Å². The molecule has 0 aliphatic carbocycles. The summed E-state index contributed by atoms with van der Waals surface area (Å²) in [7, 11) is 0. The zero-order valence-electron chi connectivity index (χ0n) is 8.69. The molecule has 1 atom stereocenters. The SMILES string of the molecule is C#CC(O)(c1ccccc1)N1CCCC1. The number of nitrogens with zero attached hydrogens (tertiary/aromatic N) is 1. The third-order valence-electron chi connectivity index (χ3n) is 2.94. The van der Waals surface area contributed by atoms with Crippen molar-refractivity contribution < 1.29 is 5.11 Å². The fourth-order valence-corrected chi connectivity index (χ4v) is 2.07. The highest BCUT2D eigenvalue weighted by atomic mass is 16.3. The minimum Gasteiger partial charge on any atom is -0.361 e. The third-order valence-corrected chi connectivity index (χ3v) is 2.94. The van der Waals surface area contributed by atoms with E-state index < -0.39 is 5.72 Å². The Balaban J connectivity index is 2.33. The van der Waals surface area contributed by atoms with Gasteiger partial charge in [-0.3, -0.25) is 4.90 Å². The van der Waals surface area contributed by atoms with Crippen molar-refractivity contribution >= 4 is 0 Å². The maximum atomic E-state index is 10.5. The number of likely N-dealkylation sites (tertiary alicyclic amines) is 1. The Morgan fingerprint density at radius 3 is 2.33 bits per heavy atom. The van der Waals surface area contributed by atoms with Gasteiger partial charge in [0.05, 0.1) is 0 Å². The highest BCUT2D eigenvalue weighted by Crippen LogP contribution is 2.28. The van der Waals surface area contributed by atoms with E-state index in [9.17, 15) is 5.11 Å². The lowest BCUT2D eigenvalue weighted by atomic mass is 10.0. The van der Waals surface area contributed by atoms with E-state index in [1.165, 1.54) is 0 Å². The fraction of sp³-hybridized carbons (Fsp3) is 0.385. The van der Waals surface area contributed by atoms with Gasteiger partial charge < -0.3 is 5.11 Å². The van der Waals surface area contributed by atoms with Crippen LogP contribution in [0.1, 0.15) is 18.4 Å². The second-order valence-corrected chi connectivity index (χ2v) is 3.88. The van der Waals surface area contributed by atoms with Crippen LogP contribution in [0.15, 0.2) is 30.3 Å². The largest absolute Gasteiger partial charge is 0.361 e. The molecule has 1 unspecified atom stereocenters. The molecule has 1 fully saturated rings. The molecule has 1 aliphatic rings. The second kappa shape index (κ2) is 4.06. The Labute approximate surface area is 90.5 Å². The predicted octanol–water partition coefficient (Wildman–Crippen LogP) is 1.56. The molecule has 1 aliphatic heterocycles. The molecule has 1 saturated heterocycles. The lowest BCUT2D eigenvalue weighted by molar-refractivity contribution is -0.0514. The minimum absolute atomic E-state index is 0.786. The molecule has 78 valence electrons. The van der Waals surface area contributed by atoms with Crippen LogP contribution in [-0.2, 0) is 5.72 Å². The first-order valence-electron chi connectivity index (χ1n) is 5.28. The molecule has 0 spiro atoms.